The summed E-state index contributed by atoms with van der Waals surface area (Å²) in [6.07, 6.45) is 1.47. The Labute approximate surface area is 102 Å². The van der Waals surface area contributed by atoms with Gasteiger partial charge in [0.25, 0.3) is 0 Å². The normalized spacial score (nSPS) is 10.6. The van der Waals surface area contributed by atoms with Crippen molar-refractivity contribution >= 4 is 34.2 Å². The predicted molar refractivity (Wildman–Crippen MR) is 62.8 cm³/mol. The van der Waals surface area contributed by atoms with E-state index in [2.05, 4.69) is 4.98 Å². The highest BCUT2D eigenvalue weighted by molar-refractivity contribution is 14.1. The van der Waals surface area contributed by atoms with Crippen LogP contribution in [0.15, 0.2) is 23.1 Å². The van der Waals surface area contributed by atoms with Gasteiger partial charge in [-0.1, -0.05) is 0 Å². The number of halogens is 1. The highest BCUT2D eigenvalue weighted by Crippen LogP contribution is 2.12. The maximum absolute atomic E-state index is 11.6. The number of hydrogen-bond donors (Lipinski definition) is 2. The van der Waals surface area contributed by atoms with E-state index in [1.165, 1.54) is 12.3 Å². The van der Waals surface area contributed by atoms with Crippen LogP contribution in [-0.4, -0.2) is 25.6 Å². The third kappa shape index (κ3) is 1.62. The first-order chi connectivity index (χ1) is 7.50. The first-order valence-electron chi connectivity index (χ1n) is 4.15. The quantitative estimate of drug-likeness (QED) is 0.750. The Morgan fingerprint density at radius 3 is 2.75 bits per heavy atom. The standard InChI is InChI=1S/C9H5IN2O4/c10-4-1-2-5-11-6(9(15)16)7(13)8(14)12(5)3-4/h1-3,13H,(H,15,16). The maximum atomic E-state index is 11.6. The molecule has 2 aromatic heterocycles. The molecule has 0 atom stereocenters. The van der Waals surface area contributed by atoms with Gasteiger partial charge in [-0.15, -0.1) is 0 Å². The van der Waals surface area contributed by atoms with Gasteiger partial charge >= 0.3 is 11.5 Å². The monoisotopic (exact) mass is 332 g/mol. The number of carboxylic acids is 1. The van der Waals surface area contributed by atoms with E-state index in [1.54, 1.807) is 6.07 Å². The second-order valence-corrected chi connectivity index (χ2v) is 4.24. The summed E-state index contributed by atoms with van der Waals surface area (Å²) in [5.41, 5.74) is -1.24. The van der Waals surface area contributed by atoms with Crippen molar-refractivity contribution in [1.82, 2.24) is 9.38 Å². The first-order valence-corrected chi connectivity index (χ1v) is 5.23. The molecule has 0 amide bonds. The van der Waals surface area contributed by atoms with Crippen molar-refractivity contribution in [1.29, 1.82) is 0 Å². The topological polar surface area (TPSA) is 91.9 Å². The van der Waals surface area contributed by atoms with E-state index in [-0.39, 0.29) is 5.65 Å². The molecule has 0 aromatic carbocycles. The van der Waals surface area contributed by atoms with Crippen molar-refractivity contribution in [2.45, 2.75) is 0 Å². The zero-order valence-corrected chi connectivity index (χ0v) is 9.87. The number of aromatic hydroxyl groups is 1. The molecular weight excluding hydrogens is 327 g/mol. The van der Waals surface area contributed by atoms with Crippen molar-refractivity contribution in [2.75, 3.05) is 0 Å². The molecule has 2 aromatic rings. The second kappa shape index (κ2) is 3.74. The van der Waals surface area contributed by atoms with E-state index in [0.717, 1.165) is 7.97 Å². The molecule has 6 nitrogen and oxygen atoms in total. The van der Waals surface area contributed by atoms with E-state index in [0.29, 0.717) is 0 Å². The number of rotatable bonds is 1. The summed E-state index contributed by atoms with van der Waals surface area (Å²) in [6, 6.07) is 3.19. The fourth-order valence-electron chi connectivity index (χ4n) is 1.25. The number of pyridine rings is 1. The summed E-state index contributed by atoms with van der Waals surface area (Å²) in [5.74, 6) is -2.29. The molecule has 0 radical (unpaired) electrons. The van der Waals surface area contributed by atoms with Crippen LogP contribution >= 0.6 is 22.6 Å². The lowest BCUT2D eigenvalue weighted by Crippen LogP contribution is -2.18. The Kier molecular flexibility index (Phi) is 2.54. The summed E-state index contributed by atoms with van der Waals surface area (Å²) in [6.45, 7) is 0. The molecule has 2 heterocycles. The molecule has 0 aliphatic rings. The lowest BCUT2D eigenvalue weighted by atomic mass is 10.3. The van der Waals surface area contributed by atoms with Gasteiger partial charge in [-0.25, -0.2) is 9.78 Å². The van der Waals surface area contributed by atoms with E-state index >= 15 is 0 Å². The summed E-state index contributed by atoms with van der Waals surface area (Å²) in [7, 11) is 0. The molecule has 2 rings (SSSR count). The number of carboxylic acid groups (broad SMARTS) is 1. The van der Waals surface area contributed by atoms with Gasteiger partial charge in [0.2, 0.25) is 5.75 Å². The van der Waals surface area contributed by atoms with Crippen molar-refractivity contribution in [3.05, 3.63) is 37.9 Å². The van der Waals surface area contributed by atoms with Crippen LogP contribution in [0.25, 0.3) is 5.65 Å². The molecule has 82 valence electrons. The van der Waals surface area contributed by atoms with Crippen LogP contribution in [0.1, 0.15) is 10.5 Å². The molecule has 0 bridgehead atoms. The van der Waals surface area contributed by atoms with Crippen LogP contribution in [0.5, 0.6) is 5.75 Å². The Hall–Kier alpha value is -1.64. The molecule has 0 fully saturated rings. The van der Waals surface area contributed by atoms with E-state index < -0.39 is 23.0 Å². The minimum atomic E-state index is -1.43. The molecule has 0 aliphatic carbocycles. The average Bonchev–Trinajstić information content (AvgIpc) is 2.23. The average molecular weight is 332 g/mol. The molecular formula is C9H5IN2O4. The van der Waals surface area contributed by atoms with Gasteiger partial charge in [-0.2, -0.15) is 0 Å². The largest absolute Gasteiger partial charge is 0.501 e. The van der Waals surface area contributed by atoms with Gasteiger partial charge in [0.05, 0.1) is 0 Å². The summed E-state index contributed by atoms with van der Waals surface area (Å²) >= 11 is 1.99. The van der Waals surface area contributed by atoms with Crippen LogP contribution in [0.3, 0.4) is 0 Å². The van der Waals surface area contributed by atoms with Crippen molar-refractivity contribution in [3.63, 3.8) is 0 Å². The predicted octanol–water partition coefficient (Wildman–Crippen LogP) is 0.703. The number of nitrogens with zero attached hydrogens (tertiary/aromatic N) is 2. The molecule has 0 saturated carbocycles. The Morgan fingerprint density at radius 2 is 2.12 bits per heavy atom. The van der Waals surface area contributed by atoms with Crippen LogP contribution in [0, 0.1) is 3.57 Å². The number of carbonyl (C=O) groups is 1. The molecule has 0 unspecified atom stereocenters. The minimum Gasteiger partial charge on any atom is -0.501 e. The Balaban J connectivity index is 2.94. The van der Waals surface area contributed by atoms with Gasteiger partial charge in [-0.05, 0) is 34.7 Å². The van der Waals surface area contributed by atoms with Crippen LogP contribution in [-0.2, 0) is 0 Å². The molecule has 7 heteroatoms. The fraction of sp³-hybridized carbons (Fsp3) is 0. The summed E-state index contributed by atoms with van der Waals surface area (Å²) in [5, 5.41) is 18.1. The van der Waals surface area contributed by atoms with E-state index in [4.69, 9.17) is 5.11 Å². The fourth-order valence-corrected chi connectivity index (χ4v) is 1.71. The molecule has 0 saturated heterocycles. The van der Waals surface area contributed by atoms with Gasteiger partial charge in [0.1, 0.15) is 5.65 Å². The molecule has 0 aliphatic heterocycles. The van der Waals surface area contributed by atoms with Crippen molar-refractivity contribution < 1.29 is 15.0 Å². The Bertz CT molecular complexity index is 650. The zero-order valence-electron chi connectivity index (χ0n) is 7.72. The zero-order chi connectivity index (χ0) is 11.9. The lowest BCUT2D eigenvalue weighted by Gasteiger charge is -2.03. The van der Waals surface area contributed by atoms with E-state index in [9.17, 15) is 14.7 Å². The molecule has 2 N–H and O–H groups in total. The highest BCUT2D eigenvalue weighted by Gasteiger charge is 2.17. The number of aromatic nitrogens is 2. The van der Waals surface area contributed by atoms with Gasteiger partial charge in [0.15, 0.2) is 5.69 Å². The molecule has 16 heavy (non-hydrogen) atoms. The van der Waals surface area contributed by atoms with E-state index in [1.807, 2.05) is 22.6 Å². The number of aromatic carboxylic acids is 1. The highest BCUT2D eigenvalue weighted by atomic mass is 127. The number of fused-ring (bicyclic) bond motifs is 1. The summed E-state index contributed by atoms with van der Waals surface area (Å²) < 4.78 is 1.88. The maximum Gasteiger partial charge on any atom is 0.358 e. The van der Waals surface area contributed by atoms with Crippen LogP contribution < -0.4 is 5.56 Å². The Morgan fingerprint density at radius 1 is 1.44 bits per heavy atom. The first kappa shape index (κ1) is 10.9. The van der Waals surface area contributed by atoms with Gasteiger partial charge in [-0.3, -0.25) is 9.20 Å². The SMILES string of the molecule is O=C(O)c1nc2ccc(I)cn2c(=O)c1O. The second-order valence-electron chi connectivity index (χ2n) is 2.99. The van der Waals surface area contributed by atoms with Crippen LogP contribution in [0.4, 0.5) is 0 Å². The van der Waals surface area contributed by atoms with Crippen molar-refractivity contribution in [2.24, 2.45) is 0 Å². The smallest absolute Gasteiger partial charge is 0.358 e. The minimum absolute atomic E-state index is 0.181. The van der Waals surface area contributed by atoms with Crippen LogP contribution in [0.2, 0.25) is 0 Å². The third-order valence-electron chi connectivity index (χ3n) is 1.97. The lowest BCUT2D eigenvalue weighted by molar-refractivity contribution is 0.0686. The van der Waals surface area contributed by atoms with Gasteiger partial charge in [0, 0.05) is 9.77 Å². The summed E-state index contributed by atoms with van der Waals surface area (Å²) in [4.78, 5) is 26.0. The number of hydrogen-bond acceptors (Lipinski definition) is 4. The van der Waals surface area contributed by atoms with Crippen molar-refractivity contribution in [3.8, 4) is 5.75 Å². The van der Waals surface area contributed by atoms with Gasteiger partial charge < -0.3 is 10.2 Å². The molecule has 0 spiro atoms. The third-order valence-corrected chi connectivity index (χ3v) is 2.60.